The Kier molecular flexibility index (Phi) is 6.37. The van der Waals surface area contributed by atoms with E-state index in [-0.39, 0.29) is 12.2 Å². The molecule has 14 heavy (non-hydrogen) atoms. The van der Waals surface area contributed by atoms with E-state index >= 15 is 0 Å². The van der Waals surface area contributed by atoms with Crippen LogP contribution in [0.2, 0.25) is 12.6 Å². The van der Waals surface area contributed by atoms with Crippen molar-refractivity contribution in [3.63, 3.8) is 0 Å². The van der Waals surface area contributed by atoms with E-state index in [2.05, 4.69) is 53.8 Å². The first-order chi connectivity index (χ1) is 6.25. The average Bonchev–Trinajstić information content (AvgIpc) is 1.76. The summed E-state index contributed by atoms with van der Waals surface area (Å²) in [6.45, 7) is 12.4. The summed E-state index contributed by atoms with van der Waals surface area (Å²) >= 11 is 4.41. The molecule has 0 rings (SSSR count). The minimum atomic E-state index is -2.02. The first kappa shape index (κ1) is 14.5. The summed E-state index contributed by atoms with van der Waals surface area (Å²) < 4.78 is 11.9. The van der Waals surface area contributed by atoms with E-state index < -0.39 is 8.56 Å². The van der Waals surface area contributed by atoms with Crippen molar-refractivity contribution < 1.29 is 8.85 Å². The molecule has 0 amide bonds. The minimum Gasteiger partial charge on any atom is -0.392 e. The third kappa shape index (κ3) is 6.87. The van der Waals surface area contributed by atoms with Crippen LogP contribution in [0, 0.1) is 0 Å². The van der Waals surface area contributed by atoms with Crippen LogP contribution in [0.1, 0.15) is 34.6 Å². The molecule has 4 heteroatoms. The van der Waals surface area contributed by atoms with Gasteiger partial charge in [-0.25, -0.2) is 0 Å². The normalized spacial score (nSPS) is 15.2. The predicted molar refractivity (Wildman–Crippen MR) is 67.3 cm³/mol. The topological polar surface area (TPSA) is 18.5 Å². The molecule has 0 aliphatic heterocycles. The molecular weight excluding hydrogens is 212 g/mol. The van der Waals surface area contributed by atoms with Gasteiger partial charge in [-0.15, -0.1) is 0 Å². The zero-order chi connectivity index (χ0) is 11.4. The maximum absolute atomic E-state index is 5.93. The van der Waals surface area contributed by atoms with Gasteiger partial charge in [-0.3, -0.25) is 0 Å². The summed E-state index contributed by atoms with van der Waals surface area (Å²) in [5, 5.41) is 0.337. The van der Waals surface area contributed by atoms with E-state index in [1.54, 1.807) is 0 Å². The molecule has 1 unspecified atom stereocenters. The van der Waals surface area contributed by atoms with Crippen molar-refractivity contribution in [1.82, 2.24) is 0 Å². The fourth-order valence-corrected chi connectivity index (χ4v) is 5.97. The Hall–Kier alpha value is 0.487. The van der Waals surface area contributed by atoms with Crippen molar-refractivity contribution in [1.29, 1.82) is 0 Å². The molecular formula is C10H24O2SSi. The van der Waals surface area contributed by atoms with E-state index in [1.807, 2.05) is 0 Å². The lowest BCUT2D eigenvalue weighted by molar-refractivity contribution is 0.109. The molecule has 1 atom stereocenters. The van der Waals surface area contributed by atoms with Crippen molar-refractivity contribution in [2.24, 2.45) is 0 Å². The molecule has 0 radical (unpaired) electrons. The van der Waals surface area contributed by atoms with Gasteiger partial charge in [0.05, 0.1) is 0 Å². The highest BCUT2D eigenvalue weighted by atomic mass is 32.1. The van der Waals surface area contributed by atoms with Crippen LogP contribution in [0.3, 0.4) is 0 Å². The first-order valence-electron chi connectivity index (χ1n) is 5.29. The average molecular weight is 236 g/mol. The molecule has 0 saturated heterocycles. The van der Waals surface area contributed by atoms with E-state index in [0.29, 0.717) is 5.25 Å². The highest BCUT2D eigenvalue weighted by Crippen LogP contribution is 2.22. The molecule has 0 heterocycles. The third-order valence-corrected chi connectivity index (χ3v) is 5.46. The lowest BCUT2D eigenvalue weighted by atomic mass is 10.5. The van der Waals surface area contributed by atoms with Crippen LogP contribution in [-0.2, 0) is 8.85 Å². The Morgan fingerprint density at radius 2 is 1.36 bits per heavy atom. The van der Waals surface area contributed by atoms with Gasteiger partial charge in [0.2, 0.25) is 0 Å². The van der Waals surface area contributed by atoms with Crippen LogP contribution in [0.25, 0.3) is 0 Å². The van der Waals surface area contributed by atoms with Crippen LogP contribution in [0.4, 0.5) is 0 Å². The Labute approximate surface area is 95.0 Å². The van der Waals surface area contributed by atoms with Crippen molar-refractivity contribution in [3.8, 4) is 0 Å². The van der Waals surface area contributed by atoms with E-state index in [4.69, 9.17) is 8.85 Å². The summed E-state index contributed by atoms with van der Waals surface area (Å²) in [5.41, 5.74) is 0. The zero-order valence-corrected chi connectivity index (χ0v) is 12.1. The molecule has 0 aliphatic rings. The van der Waals surface area contributed by atoms with Crippen molar-refractivity contribution in [2.45, 2.75) is 64.7 Å². The second-order valence-corrected chi connectivity index (χ2v) is 8.55. The van der Waals surface area contributed by atoms with Crippen LogP contribution < -0.4 is 0 Å². The van der Waals surface area contributed by atoms with E-state index in [9.17, 15) is 0 Å². The molecule has 0 saturated carbocycles. The molecule has 0 spiro atoms. The zero-order valence-electron chi connectivity index (χ0n) is 10.2. The third-order valence-electron chi connectivity index (χ3n) is 1.64. The Bertz CT molecular complexity index is 134. The molecule has 0 aromatic carbocycles. The van der Waals surface area contributed by atoms with Crippen molar-refractivity contribution in [2.75, 3.05) is 0 Å². The lowest BCUT2D eigenvalue weighted by Gasteiger charge is -2.32. The summed E-state index contributed by atoms with van der Waals surface area (Å²) in [4.78, 5) is 0. The molecule has 0 aromatic heterocycles. The maximum Gasteiger partial charge on any atom is 0.336 e. The molecule has 2 nitrogen and oxygen atoms in total. The van der Waals surface area contributed by atoms with Crippen LogP contribution in [-0.4, -0.2) is 26.0 Å². The fraction of sp³-hybridized carbons (Fsp3) is 1.00. The summed E-state index contributed by atoms with van der Waals surface area (Å²) in [5.74, 6) is 0. The number of hydrogen-bond donors (Lipinski definition) is 1. The number of hydrogen-bond acceptors (Lipinski definition) is 3. The fourth-order valence-electron chi connectivity index (χ4n) is 1.66. The molecule has 0 N–H and O–H groups in total. The van der Waals surface area contributed by atoms with Crippen LogP contribution >= 0.6 is 12.6 Å². The monoisotopic (exact) mass is 236 g/mol. The second-order valence-electron chi connectivity index (χ2n) is 4.52. The largest absolute Gasteiger partial charge is 0.392 e. The van der Waals surface area contributed by atoms with Gasteiger partial charge < -0.3 is 8.85 Å². The van der Waals surface area contributed by atoms with Gasteiger partial charge in [0.25, 0.3) is 0 Å². The number of rotatable bonds is 6. The van der Waals surface area contributed by atoms with Gasteiger partial charge in [0.1, 0.15) is 0 Å². The summed E-state index contributed by atoms with van der Waals surface area (Å²) in [6, 6.07) is 0.937. The standard InChI is InChI=1S/C10H24O2SSi/c1-8(2)11-14(6,7-10(5)13)12-9(3)4/h8-10,13H,7H2,1-6H3. The lowest BCUT2D eigenvalue weighted by Crippen LogP contribution is -2.44. The molecule has 86 valence electrons. The Morgan fingerprint density at radius 1 is 1.00 bits per heavy atom. The predicted octanol–water partition coefficient (Wildman–Crippen LogP) is 3.23. The maximum atomic E-state index is 5.93. The highest BCUT2D eigenvalue weighted by Gasteiger charge is 2.34. The second kappa shape index (κ2) is 6.15. The number of thiol groups is 1. The highest BCUT2D eigenvalue weighted by molar-refractivity contribution is 7.81. The molecule has 0 aromatic rings. The van der Waals surface area contributed by atoms with Crippen molar-refractivity contribution >= 4 is 21.2 Å². The first-order valence-corrected chi connectivity index (χ1v) is 8.33. The molecule has 0 bridgehead atoms. The van der Waals surface area contributed by atoms with Gasteiger partial charge in [-0.2, -0.15) is 12.6 Å². The van der Waals surface area contributed by atoms with E-state index in [1.165, 1.54) is 0 Å². The van der Waals surface area contributed by atoms with Gasteiger partial charge >= 0.3 is 8.56 Å². The Balaban J connectivity index is 4.32. The van der Waals surface area contributed by atoms with Gasteiger partial charge in [-0.05, 0) is 34.2 Å². The molecule has 0 aliphatic carbocycles. The van der Waals surface area contributed by atoms with Crippen molar-refractivity contribution in [3.05, 3.63) is 0 Å². The SMILES string of the molecule is CC(S)C[Si](C)(OC(C)C)OC(C)C. The summed E-state index contributed by atoms with van der Waals surface area (Å²) in [6.07, 6.45) is 0.468. The summed E-state index contributed by atoms with van der Waals surface area (Å²) in [7, 11) is -2.02. The van der Waals surface area contributed by atoms with Gasteiger partial charge in [0.15, 0.2) is 0 Å². The minimum absolute atomic E-state index is 0.234. The van der Waals surface area contributed by atoms with Gasteiger partial charge in [0, 0.05) is 23.5 Å². The smallest absolute Gasteiger partial charge is 0.336 e. The van der Waals surface area contributed by atoms with Crippen LogP contribution in [0.15, 0.2) is 0 Å². The van der Waals surface area contributed by atoms with Crippen LogP contribution in [0.5, 0.6) is 0 Å². The Morgan fingerprint density at radius 3 is 1.57 bits per heavy atom. The van der Waals surface area contributed by atoms with Gasteiger partial charge in [-0.1, -0.05) is 6.92 Å². The quantitative estimate of drug-likeness (QED) is 0.564. The molecule has 0 fully saturated rings. The van der Waals surface area contributed by atoms with E-state index in [0.717, 1.165) is 6.04 Å².